The fourth-order valence-corrected chi connectivity index (χ4v) is 2.23. The Hall–Kier alpha value is -2.38. The average Bonchev–Trinajstić information content (AvgIpc) is 3.08. The van der Waals surface area contributed by atoms with Crippen LogP contribution in [0.1, 0.15) is 17.2 Å². The zero-order chi connectivity index (χ0) is 15.4. The van der Waals surface area contributed by atoms with Crippen molar-refractivity contribution in [2.24, 2.45) is 0 Å². The van der Waals surface area contributed by atoms with Crippen LogP contribution in [-0.2, 0) is 15.9 Å². The van der Waals surface area contributed by atoms with Gasteiger partial charge < -0.3 is 14.0 Å². The third-order valence-electron chi connectivity index (χ3n) is 3.32. The molecule has 0 aromatic heterocycles. The largest absolute Gasteiger partial charge is 0.489 e. The minimum absolute atomic E-state index is 0.0523. The van der Waals surface area contributed by atoms with Crippen molar-refractivity contribution in [2.75, 3.05) is 6.61 Å². The van der Waals surface area contributed by atoms with E-state index in [2.05, 4.69) is 0 Å². The van der Waals surface area contributed by atoms with Gasteiger partial charge in [0.05, 0.1) is 17.6 Å². The van der Waals surface area contributed by atoms with E-state index in [1.807, 2.05) is 24.3 Å². The summed E-state index contributed by atoms with van der Waals surface area (Å²) in [6.45, 7) is 0.688. The third kappa shape index (κ3) is 3.27. The number of nitro groups is 1. The van der Waals surface area contributed by atoms with E-state index in [0.29, 0.717) is 12.4 Å². The molecule has 0 saturated carbocycles. The summed E-state index contributed by atoms with van der Waals surface area (Å²) in [5, 5.41) is 10.8. The van der Waals surface area contributed by atoms with Crippen LogP contribution >= 0.6 is 0 Å². The zero-order valence-corrected chi connectivity index (χ0v) is 11.7. The number of hydrogen-bond acceptors (Lipinski definition) is 5. The van der Waals surface area contributed by atoms with Crippen LogP contribution in [0.25, 0.3) is 0 Å². The Kier molecular flexibility index (Phi) is 4.36. The molecule has 1 aliphatic rings. The summed E-state index contributed by atoms with van der Waals surface area (Å²) >= 11 is 0. The molecule has 1 aliphatic heterocycles. The number of para-hydroxylation sites is 1. The summed E-state index contributed by atoms with van der Waals surface area (Å²) in [6.07, 6.45) is -0.193. The maximum Gasteiger partial charge on any atom is 0.488 e. The lowest BCUT2D eigenvalue weighted by Gasteiger charge is -2.15. The molecule has 22 heavy (non-hydrogen) atoms. The molecule has 1 heterocycles. The SMILES string of the molecule is O=[N+]([O-])c1cccc(COc2ccccc2C2CO[B]O2)c1. The first-order valence-electron chi connectivity index (χ1n) is 6.78. The van der Waals surface area contributed by atoms with Crippen LogP contribution < -0.4 is 4.74 Å². The summed E-state index contributed by atoms with van der Waals surface area (Å²) in [4.78, 5) is 10.4. The summed E-state index contributed by atoms with van der Waals surface area (Å²) < 4.78 is 16.3. The van der Waals surface area contributed by atoms with E-state index in [0.717, 1.165) is 11.1 Å². The molecular weight excluding hydrogens is 285 g/mol. The van der Waals surface area contributed by atoms with Crippen LogP contribution in [0, 0.1) is 10.1 Å². The minimum Gasteiger partial charge on any atom is -0.489 e. The van der Waals surface area contributed by atoms with Crippen molar-refractivity contribution in [1.29, 1.82) is 0 Å². The van der Waals surface area contributed by atoms with Crippen LogP contribution in [0.4, 0.5) is 5.69 Å². The Morgan fingerprint density at radius 2 is 2.14 bits per heavy atom. The molecule has 0 amide bonds. The molecule has 1 fully saturated rings. The molecule has 0 N–H and O–H groups in total. The van der Waals surface area contributed by atoms with Gasteiger partial charge in [-0.2, -0.15) is 0 Å². The summed E-state index contributed by atoms with van der Waals surface area (Å²) in [5.74, 6) is 0.679. The maximum atomic E-state index is 10.8. The molecule has 2 aromatic carbocycles. The number of hydrogen-bond donors (Lipinski definition) is 0. The summed E-state index contributed by atoms with van der Waals surface area (Å²) in [6, 6.07) is 13.9. The molecular formula is C15H13BNO5. The molecule has 0 spiro atoms. The molecule has 6 nitrogen and oxygen atoms in total. The number of benzene rings is 2. The number of rotatable bonds is 5. The van der Waals surface area contributed by atoms with Gasteiger partial charge >= 0.3 is 7.69 Å². The van der Waals surface area contributed by atoms with Crippen LogP contribution in [0.2, 0.25) is 0 Å². The second-order valence-corrected chi connectivity index (χ2v) is 4.81. The van der Waals surface area contributed by atoms with E-state index in [1.165, 1.54) is 19.8 Å². The monoisotopic (exact) mass is 298 g/mol. The normalized spacial score (nSPS) is 17.0. The fourth-order valence-electron chi connectivity index (χ4n) is 2.23. The molecule has 1 unspecified atom stereocenters. The number of non-ortho nitro benzene ring substituents is 1. The van der Waals surface area contributed by atoms with E-state index in [1.54, 1.807) is 12.1 Å². The van der Waals surface area contributed by atoms with Gasteiger partial charge in [0.15, 0.2) is 0 Å². The Bertz CT molecular complexity index is 672. The zero-order valence-electron chi connectivity index (χ0n) is 11.7. The summed E-state index contributed by atoms with van der Waals surface area (Å²) in [5.41, 5.74) is 1.68. The Morgan fingerprint density at radius 1 is 1.27 bits per heavy atom. The third-order valence-corrected chi connectivity index (χ3v) is 3.32. The highest BCUT2D eigenvalue weighted by molar-refractivity contribution is 6.18. The Morgan fingerprint density at radius 3 is 2.91 bits per heavy atom. The van der Waals surface area contributed by atoms with Crippen molar-refractivity contribution >= 4 is 13.4 Å². The van der Waals surface area contributed by atoms with Crippen molar-refractivity contribution in [2.45, 2.75) is 12.7 Å². The van der Waals surface area contributed by atoms with Crippen molar-refractivity contribution in [3.05, 3.63) is 69.8 Å². The standard InChI is InChI=1S/C15H13BNO5/c18-17(19)12-5-3-4-11(8-12)9-20-14-7-2-1-6-13(14)15-10-21-16-22-15/h1-8,15H,9-10H2. The molecule has 1 radical (unpaired) electrons. The highest BCUT2D eigenvalue weighted by Gasteiger charge is 2.23. The second kappa shape index (κ2) is 6.59. The first-order chi connectivity index (χ1) is 10.7. The Balaban J connectivity index is 1.74. The maximum absolute atomic E-state index is 10.8. The van der Waals surface area contributed by atoms with E-state index in [9.17, 15) is 10.1 Å². The van der Waals surface area contributed by atoms with Gasteiger partial charge in [-0.25, -0.2) is 0 Å². The van der Waals surface area contributed by atoms with Crippen LogP contribution in [0.5, 0.6) is 5.75 Å². The lowest BCUT2D eigenvalue weighted by molar-refractivity contribution is -0.384. The number of nitro benzene ring substituents is 1. The van der Waals surface area contributed by atoms with Crippen LogP contribution in [0.3, 0.4) is 0 Å². The quantitative estimate of drug-likeness (QED) is 0.482. The van der Waals surface area contributed by atoms with Gasteiger partial charge in [-0.1, -0.05) is 30.3 Å². The predicted octanol–water partition coefficient (Wildman–Crippen LogP) is 2.80. The van der Waals surface area contributed by atoms with Crippen molar-refractivity contribution in [3.8, 4) is 5.75 Å². The van der Waals surface area contributed by atoms with E-state index in [4.69, 9.17) is 14.0 Å². The lowest BCUT2D eigenvalue weighted by atomic mass is 10.1. The molecule has 0 aliphatic carbocycles. The van der Waals surface area contributed by atoms with E-state index >= 15 is 0 Å². The number of nitrogens with zero attached hydrogens (tertiary/aromatic N) is 1. The predicted molar refractivity (Wildman–Crippen MR) is 79.4 cm³/mol. The first-order valence-corrected chi connectivity index (χ1v) is 6.78. The fraction of sp³-hybridized carbons (Fsp3) is 0.200. The molecule has 1 atom stereocenters. The second-order valence-electron chi connectivity index (χ2n) is 4.81. The van der Waals surface area contributed by atoms with Gasteiger partial charge in [-0.05, 0) is 11.6 Å². The Labute approximate surface area is 128 Å². The minimum atomic E-state index is -0.420. The molecule has 0 bridgehead atoms. The topological polar surface area (TPSA) is 70.8 Å². The molecule has 1 saturated heterocycles. The van der Waals surface area contributed by atoms with Gasteiger partial charge in [0.1, 0.15) is 12.4 Å². The van der Waals surface area contributed by atoms with Crippen LogP contribution in [0.15, 0.2) is 48.5 Å². The molecule has 7 heteroatoms. The van der Waals surface area contributed by atoms with E-state index in [-0.39, 0.29) is 18.4 Å². The van der Waals surface area contributed by atoms with Gasteiger partial charge in [-0.15, -0.1) is 0 Å². The number of ether oxygens (including phenoxy) is 1. The van der Waals surface area contributed by atoms with Crippen molar-refractivity contribution < 1.29 is 19.0 Å². The van der Waals surface area contributed by atoms with Crippen molar-refractivity contribution in [1.82, 2.24) is 0 Å². The average molecular weight is 298 g/mol. The van der Waals surface area contributed by atoms with Gasteiger partial charge in [-0.3, -0.25) is 10.1 Å². The molecule has 3 rings (SSSR count). The molecule has 111 valence electrons. The smallest absolute Gasteiger partial charge is 0.488 e. The highest BCUT2D eigenvalue weighted by Crippen LogP contribution is 2.30. The highest BCUT2D eigenvalue weighted by atomic mass is 16.6. The van der Waals surface area contributed by atoms with E-state index < -0.39 is 4.92 Å². The van der Waals surface area contributed by atoms with Gasteiger partial charge in [0.25, 0.3) is 5.69 Å². The molecule has 2 aromatic rings. The van der Waals surface area contributed by atoms with Crippen molar-refractivity contribution in [3.63, 3.8) is 0 Å². The first kappa shape index (κ1) is 14.6. The summed E-state index contributed by atoms with van der Waals surface area (Å²) in [7, 11) is 1.32. The lowest BCUT2D eigenvalue weighted by Crippen LogP contribution is -2.05. The van der Waals surface area contributed by atoms with Gasteiger partial charge in [0.2, 0.25) is 0 Å². The van der Waals surface area contributed by atoms with Crippen LogP contribution in [-0.4, -0.2) is 19.2 Å². The van der Waals surface area contributed by atoms with Gasteiger partial charge in [0, 0.05) is 17.7 Å².